The molecule has 0 bridgehead atoms. The van der Waals surface area contributed by atoms with E-state index in [2.05, 4.69) is 25.0 Å². The summed E-state index contributed by atoms with van der Waals surface area (Å²) in [7, 11) is 0. The molecule has 0 aromatic carbocycles. The van der Waals surface area contributed by atoms with E-state index in [1.54, 1.807) is 0 Å². The summed E-state index contributed by atoms with van der Waals surface area (Å²) >= 11 is 0. The molecule has 3 heteroatoms. The van der Waals surface area contributed by atoms with E-state index in [0.717, 1.165) is 30.5 Å². The van der Waals surface area contributed by atoms with Gasteiger partial charge in [0.2, 0.25) is 0 Å². The lowest BCUT2D eigenvalue weighted by Gasteiger charge is -2.05. The molecule has 1 aromatic heterocycles. The first-order valence-electron chi connectivity index (χ1n) is 6.93. The summed E-state index contributed by atoms with van der Waals surface area (Å²) < 4.78 is 1.91. The molecule has 0 saturated heterocycles. The molecule has 0 saturated carbocycles. The van der Waals surface area contributed by atoms with Gasteiger partial charge in [0.05, 0.1) is 12.1 Å². The molecule has 0 spiro atoms. The van der Waals surface area contributed by atoms with Gasteiger partial charge < -0.3 is 0 Å². The van der Waals surface area contributed by atoms with Crippen LogP contribution in [0.4, 0.5) is 0 Å². The van der Waals surface area contributed by atoms with E-state index in [-0.39, 0.29) is 5.78 Å². The minimum absolute atomic E-state index is 0.255. The van der Waals surface area contributed by atoms with Gasteiger partial charge in [0.1, 0.15) is 0 Å². The molecule has 18 heavy (non-hydrogen) atoms. The van der Waals surface area contributed by atoms with Gasteiger partial charge in [-0.15, -0.1) is 0 Å². The highest BCUT2D eigenvalue weighted by atomic mass is 16.1. The Balaban J connectivity index is 1.99. The largest absolute Gasteiger partial charge is 0.294 e. The predicted molar refractivity (Wildman–Crippen MR) is 72.5 cm³/mol. The van der Waals surface area contributed by atoms with E-state index in [0.29, 0.717) is 12.5 Å². The quantitative estimate of drug-likeness (QED) is 0.815. The second-order valence-electron chi connectivity index (χ2n) is 5.31. The molecular weight excluding hydrogens is 224 g/mol. The molecule has 1 aromatic rings. The Morgan fingerprint density at radius 2 is 2.22 bits per heavy atom. The highest BCUT2D eigenvalue weighted by Crippen LogP contribution is 2.19. The van der Waals surface area contributed by atoms with Crippen LogP contribution in [0.3, 0.4) is 0 Å². The molecule has 1 heterocycles. The van der Waals surface area contributed by atoms with Gasteiger partial charge in [0.15, 0.2) is 5.78 Å². The van der Waals surface area contributed by atoms with Crippen LogP contribution in [-0.2, 0) is 11.2 Å². The zero-order valence-corrected chi connectivity index (χ0v) is 11.4. The highest BCUT2D eigenvalue weighted by molar-refractivity contribution is 5.96. The second-order valence-corrected chi connectivity index (χ2v) is 5.31. The first kappa shape index (κ1) is 13.1. The Morgan fingerprint density at radius 3 is 2.94 bits per heavy atom. The van der Waals surface area contributed by atoms with Gasteiger partial charge in [-0.2, -0.15) is 5.10 Å². The number of hydrogen-bond acceptors (Lipinski definition) is 2. The SMILES string of the molecule is CC(C)n1ccc(CC(=O)C2=CCCCCC2)n1. The molecule has 0 unspecified atom stereocenters. The van der Waals surface area contributed by atoms with Crippen molar-refractivity contribution in [1.29, 1.82) is 0 Å². The van der Waals surface area contributed by atoms with Gasteiger partial charge >= 0.3 is 0 Å². The number of nitrogens with zero attached hydrogens (tertiary/aromatic N) is 2. The van der Waals surface area contributed by atoms with E-state index >= 15 is 0 Å². The molecule has 0 aliphatic heterocycles. The van der Waals surface area contributed by atoms with E-state index in [9.17, 15) is 4.79 Å². The van der Waals surface area contributed by atoms with Crippen molar-refractivity contribution >= 4 is 5.78 Å². The molecule has 0 fully saturated rings. The number of allylic oxidation sites excluding steroid dienone is 2. The number of Topliss-reactive ketones (excluding diaryl/α,β-unsaturated/α-hetero) is 1. The Hall–Kier alpha value is -1.38. The molecular formula is C15H22N2O. The molecule has 3 nitrogen and oxygen atoms in total. The zero-order valence-electron chi connectivity index (χ0n) is 11.4. The first-order valence-corrected chi connectivity index (χ1v) is 6.93. The third kappa shape index (κ3) is 3.31. The lowest BCUT2D eigenvalue weighted by molar-refractivity contribution is -0.115. The summed E-state index contributed by atoms with van der Waals surface area (Å²) in [6.07, 6.45) is 10.2. The van der Waals surface area contributed by atoms with Crippen LogP contribution in [0.5, 0.6) is 0 Å². The van der Waals surface area contributed by atoms with E-state index in [4.69, 9.17) is 0 Å². The van der Waals surface area contributed by atoms with Crippen molar-refractivity contribution in [3.05, 3.63) is 29.6 Å². The fourth-order valence-electron chi connectivity index (χ4n) is 2.31. The van der Waals surface area contributed by atoms with Crippen LogP contribution in [0, 0.1) is 0 Å². The van der Waals surface area contributed by atoms with E-state index in [1.807, 2.05) is 16.9 Å². The molecule has 2 rings (SSSR count). The number of hydrogen-bond donors (Lipinski definition) is 0. The molecule has 1 aliphatic carbocycles. The van der Waals surface area contributed by atoms with Crippen LogP contribution >= 0.6 is 0 Å². The highest BCUT2D eigenvalue weighted by Gasteiger charge is 2.13. The van der Waals surface area contributed by atoms with Gasteiger partial charge in [0, 0.05) is 12.2 Å². The maximum Gasteiger partial charge on any atom is 0.164 e. The molecule has 98 valence electrons. The van der Waals surface area contributed by atoms with Crippen molar-refractivity contribution in [2.45, 2.75) is 58.4 Å². The topological polar surface area (TPSA) is 34.9 Å². The van der Waals surface area contributed by atoms with Crippen LogP contribution in [0.25, 0.3) is 0 Å². The van der Waals surface area contributed by atoms with Crippen molar-refractivity contribution in [1.82, 2.24) is 9.78 Å². The summed E-state index contributed by atoms with van der Waals surface area (Å²) in [6.45, 7) is 4.18. The Bertz CT molecular complexity index is 443. The normalized spacial score (nSPS) is 16.5. The predicted octanol–water partition coefficient (Wildman–Crippen LogP) is 3.47. The number of aromatic nitrogens is 2. The zero-order chi connectivity index (χ0) is 13.0. The van der Waals surface area contributed by atoms with Gasteiger partial charge in [-0.05, 0) is 51.2 Å². The smallest absolute Gasteiger partial charge is 0.164 e. The second kappa shape index (κ2) is 5.98. The number of rotatable bonds is 4. The Labute approximate surface area is 109 Å². The van der Waals surface area contributed by atoms with Gasteiger partial charge in [-0.3, -0.25) is 9.48 Å². The standard InChI is InChI=1S/C15H22N2O/c1-12(2)17-10-9-14(16-17)11-15(18)13-7-5-3-4-6-8-13/h7,9-10,12H,3-6,8,11H2,1-2H3. The van der Waals surface area contributed by atoms with E-state index < -0.39 is 0 Å². The molecule has 0 atom stereocenters. The van der Waals surface area contributed by atoms with Crippen molar-refractivity contribution in [2.75, 3.05) is 0 Å². The summed E-state index contributed by atoms with van der Waals surface area (Å²) in [5.41, 5.74) is 1.91. The maximum absolute atomic E-state index is 12.2. The number of ketones is 1. The summed E-state index contributed by atoms with van der Waals surface area (Å²) in [5, 5.41) is 4.44. The summed E-state index contributed by atoms with van der Waals surface area (Å²) in [5.74, 6) is 0.255. The van der Waals surface area contributed by atoms with Gasteiger partial charge in [0.25, 0.3) is 0 Å². The average Bonchev–Trinajstić information content (AvgIpc) is 2.64. The number of carbonyl (C=O) groups is 1. The fourth-order valence-corrected chi connectivity index (χ4v) is 2.31. The molecule has 0 amide bonds. The van der Waals surface area contributed by atoms with Crippen molar-refractivity contribution in [3.8, 4) is 0 Å². The lowest BCUT2D eigenvalue weighted by Crippen LogP contribution is -2.08. The Morgan fingerprint density at radius 1 is 1.39 bits per heavy atom. The van der Waals surface area contributed by atoms with E-state index in [1.165, 1.54) is 12.8 Å². The third-order valence-corrected chi connectivity index (χ3v) is 3.43. The minimum atomic E-state index is 0.255. The van der Waals surface area contributed by atoms with Crippen molar-refractivity contribution in [3.63, 3.8) is 0 Å². The average molecular weight is 246 g/mol. The van der Waals surface area contributed by atoms with Crippen molar-refractivity contribution < 1.29 is 4.79 Å². The van der Waals surface area contributed by atoms with Crippen molar-refractivity contribution in [2.24, 2.45) is 0 Å². The third-order valence-electron chi connectivity index (χ3n) is 3.43. The monoisotopic (exact) mass is 246 g/mol. The summed E-state index contributed by atoms with van der Waals surface area (Å²) in [6, 6.07) is 2.31. The van der Waals surface area contributed by atoms with Crippen LogP contribution in [0.2, 0.25) is 0 Å². The molecule has 0 radical (unpaired) electrons. The summed E-state index contributed by atoms with van der Waals surface area (Å²) in [4.78, 5) is 12.2. The molecule has 1 aliphatic rings. The van der Waals surface area contributed by atoms with Crippen LogP contribution < -0.4 is 0 Å². The Kier molecular flexibility index (Phi) is 4.34. The van der Waals surface area contributed by atoms with Crippen LogP contribution in [-0.4, -0.2) is 15.6 Å². The molecule has 0 N–H and O–H groups in total. The van der Waals surface area contributed by atoms with Crippen LogP contribution in [0.15, 0.2) is 23.9 Å². The maximum atomic E-state index is 12.2. The fraction of sp³-hybridized carbons (Fsp3) is 0.600. The van der Waals surface area contributed by atoms with Crippen LogP contribution in [0.1, 0.15) is 57.7 Å². The minimum Gasteiger partial charge on any atom is -0.294 e. The van der Waals surface area contributed by atoms with Gasteiger partial charge in [-0.1, -0.05) is 12.5 Å². The lowest BCUT2D eigenvalue weighted by atomic mass is 10.0. The first-order chi connectivity index (χ1) is 8.66. The number of carbonyl (C=O) groups excluding carboxylic acids is 1. The van der Waals surface area contributed by atoms with Gasteiger partial charge in [-0.25, -0.2) is 0 Å².